The molecule has 0 unspecified atom stereocenters. The molecule has 2 aromatic rings. The molecule has 0 radical (unpaired) electrons. The zero-order chi connectivity index (χ0) is 12.5. The van der Waals surface area contributed by atoms with Crippen molar-refractivity contribution in [3.8, 4) is 11.4 Å². The van der Waals surface area contributed by atoms with E-state index in [2.05, 4.69) is 19.5 Å². The molecule has 5 nitrogen and oxygen atoms in total. The third-order valence-corrected chi connectivity index (χ3v) is 2.78. The highest BCUT2D eigenvalue weighted by atomic mass is 32.2. The van der Waals surface area contributed by atoms with Crippen LogP contribution in [-0.4, -0.2) is 31.9 Å². The maximum atomic E-state index is 11.5. The Kier molecular flexibility index (Phi) is 2.97. The van der Waals surface area contributed by atoms with Crippen LogP contribution >= 0.6 is 0 Å². The summed E-state index contributed by atoms with van der Waals surface area (Å²) in [4.78, 5) is 4.21. The summed E-state index contributed by atoms with van der Waals surface area (Å²) >= 11 is 0. The molecule has 0 atom stereocenters. The summed E-state index contributed by atoms with van der Waals surface area (Å²) in [6.45, 7) is 2.00. The predicted octanol–water partition coefficient (Wildman–Crippen LogP) is 2.14. The van der Waals surface area contributed by atoms with E-state index in [1.165, 1.54) is 0 Å². The van der Waals surface area contributed by atoms with Gasteiger partial charge in [-0.25, -0.2) is 4.21 Å². The van der Waals surface area contributed by atoms with Gasteiger partial charge >= 0.3 is 0 Å². The summed E-state index contributed by atoms with van der Waals surface area (Å²) in [7, 11) is -2.23. The second kappa shape index (κ2) is 4.29. The van der Waals surface area contributed by atoms with Gasteiger partial charge in [-0.1, -0.05) is 24.3 Å². The van der Waals surface area contributed by atoms with Crippen LogP contribution in [0, 0.1) is 6.92 Å². The number of aromatic amines is 1. The molecule has 0 aliphatic rings. The summed E-state index contributed by atoms with van der Waals surface area (Å²) in [5.41, 5.74) is 2.07. The maximum absolute atomic E-state index is 11.5. The second-order valence-corrected chi connectivity index (χ2v) is 6.62. The van der Waals surface area contributed by atoms with Crippen LogP contribution in [0.3, 0.4) is 0 Å². The predicted molar refractivity (Wildman–Crippen MR) is 68.6 cm³/mol. The normalized spacial score (nSPS) is 11.5. The van der Waals surface area contributed by atoms with Crippen molar-refractivity contribution >= 4 is 15.7 Å². The average Bonchev–Trinajstić information content (AvgIpc) is 2.64. The number of H-pyrrole nitrogens is 1. The summed E-state index contributed by atoms with van der Waals surface area (Å²) in [6.07, 6.45) is 3.10. The molecule has 0 aliphatic heterocycles. The van der Waals surface area contributed by atoms with Crippen LogP contribution in [0.25, 0.3) is 11.4 Å². The standard InChI is InChI=1S/C11H14N4OS/c1-8-6-4-5-7-9(8)10-12-11(14-13-10)15-17(2,3)16/h4-7H,1-3H3,(H,12,13,14). The van der Waals surface area contributed by atoms with E-state index in [4.69, 9.17) is 0 Å². The van der Waals surface area contributed by atoms with Crippen LogP contribution in [0.2, 0.25) is 0 Å². The molecule has 0 spiro atoms. The monoisotopic (exact) mass is 250 g/mol. The average molecular weight is 250 g/mol. The molecule has 6 heteroatoms. The summed E-state index contributed by atoms with van der Waals surface area (Å²) in [6, 6.07) is 7.85. The number of rotatable bonds is 2. The first-order valence-corrected chi connectivity index (χ1v) is 7.44. The zero-order valence-electron chi connectivity index (χ0n) is 9.97. The van der Waals surface area contributed by atoms with Gasteiger partial charge in [-0.15, -0.1) is 5.10 Å². The summed E-state index contributed by atoms with van der Waals surface area (Å²) in [5, 5.41) is 6.74. The van der Waals surface area contributed by atoms with Crippen LogP contribution in [0.1, 0.15) is 5.56 Å². The highest BCUT2D eigenvalue weighted by Gasteiger charge is 2.07. The fraction of sp³-hybridized carbons (Fsp3) is 0.273. The number of hydrogen-bond donors (Lipinski definition) is 1. The van der Waals surface area contributed by atoms with E-state index in [0.29, 0.717) is 5.82 Å². The van der Waals surface area contributed by atoms with Gasteiger partial charge in [-0.3, -0.25) is 5.10 Å². The SMILES string of the molecule is Cc1ccccc1-c1nc(N=S(C)(C)=O)n[nH]1. The lowest BCUT2D eigenvalue weighted by Gasteiger charge is -1.99. The fourth-order valence-corrected chi connectivity index (χ4v) is 1.92. The number of benzene rings is 1. The van der Waals surface area contributed by atoms with Crippen molar-refractivity contribution in [1.29, 1.82) is 0 Å². The van der Waals surface area contributed by atoms with E-state index in [9.17, 15) is 4.21 Å². The number of aryl methyl sites for hydroxylation is 1. The van der Waals surface area contributed by atoms with Gasteiger partial charge in [0.25, 0.3) is 5.95 Å². The van der Waals surface area contributed by atoms with Crippen molar-refractivity contribution in [3.63, 3.8) is 0 Å². The van der Waals surface area contributed by atoms with Crippen LogP contribution in [0.4, 0.5) is 5.95 Å². The Labute approximate surface area is 100 Å². The molecule has 0 bridgehead atoms. The minimum Gasteiger partial charge on any atom is -0.257 e. The molecule has 1 N–H and O–H groups in total. The molecule has 1 aromatic carbocycles. The van der Waals surface area contributed by atoms with Crippen molar-refractivity contribution in [2.24, 2.45) is 4.36 Å². The lowest BCUT2D eigenvalue weighted by molar-refractivity contribution is 0.684. The lowest BCUT2D eigenvalue weighted by Crippen LogP contribution is -1.89. The van der Waals surface area contributed by atoms with Crippen LogP contribution in [0.15, 0.2) is 28.6 Å². The minimum absolute atomic E-state index is 0.234. The minimum atomic E-state index is -2.23. The zero-order valence-corrected chi connectivity index (χ0v) is 10.8. The topological polar surface area (TPSA) is 71.0 Å². The van der Waals surface area contributed by atoms with E-state index in [1.807, 2.05) is 31.2 Å². The van der Waals surface area contributed by atoms with Gasteiger partial charge in [0.05, 0.1) is 0 Å². The van der Waals surface area contributed by atoms with Gasteiger partial charge < -0.3 is 0 Å². The van der Waals surface area contributed by atoms with Crippen LogP contribution in [0.5, 0.6) is 0 Å². The van der Waals surface area contributed by atoms with Gasteiger partial charge in [-0.2, -0.15) is 9.35 Å². The molecule has 1 heterocycles. The Morgan fingerprint density at radius 1 is 1.29 bits per heavy atom. The van der Waals surface area contributed by atoms with Crippen molar-refractivity contribution in [1.82, 2.24) is 15.2 Å². The summed E-state index contributed by atoms with van der Waals surface area (Å²) in [5.74, 6) is 0.878. The molecule has 0 amide bonds. The van der Waals surface area contributed by atoms with Gasteiger partial charge in [0, 0.05) is 27.8 Å². The second-order valence-electron chi connectivity index (χ2n) is 4.07. The molecular weight excluding hydrogens is 236 g/mol. The number of nitrogens with one attached hydrogen (secondary N) is 1. The van der Waals surface area contributed by atoms with Crippen molar-refractivity contribution in [2.45, 2.75) is 6.92 Å². The first-order chi connectivity index (χ1) is 7.96. The van der Waals surface area contributed by atoms with E-state index < -0.39 is 9.73 Å². The van der Waals surface area contributed by atoms with E-state index >= 15 is 0 Å². The Morgan fingerprint density at radius 3 is 2.65 bits per heavy atom. The van der Waals surface area contributed by atoms with Gasteiger partial charge in [-0.05, 0) is 12.5 Å². The van der Waals surface area contributed by atoms with Gasteiger partial charge in [0.1, 0.15) is 0 Å². The largest absolute Gasteiger partial charge is 0.276 e. The summed E-state index contributed by atoms with van der Waals surface area (Å²) < 4.78 is 15.4. The molecule has 0 saturated carbocycles. The van der Waals surface area contributed by atoms with Gasteiger partial charge in [0.2, 0.25) is 0 Å². The van der Waals surface area contributed by atoms with Crippen LogP contribution < -0.4 is 0 Å². The van der Waals surface area contributed by atoms with Crippen LogP contribution in [-0.2, 0) is 9.73 Å². The number of aromatic nitrogens is 3. The molecule has 2 rings (SSSR count). The molecule has 0 aliphatic carbocycles. The first-order valence-electron chi connectivity index (χ1n) is 5.11. The Hall–Kier alpha value is -1.69. The third-order valence-electron chi connectivity index (χ3n) is 2.18. The lowest BCUT2D eigenvalue weighted by atomic mass is 10.1. The van der Waals surface area contributed by atoms with Crippen molar-refractivity contribution in [3.05, 3.63) is 29.8 Å². The smallest absolute Gasteiger partial charge is 0.257 e. The molecular formula is C11H14N4OS. The van der Waals surface area contributed by atoms with E-state index in [0.717, 1.165) is 11.1 Å². The maximum Gasteiger partial charge on any atom is 0.276 e. The molecule has 0 saturated heterocycles. The molecule has 1 aromatic heterocycles. The first kappa shape index (κ1) is 11.8. The Balaban J connectivity index is 2.44. The third kappa shape index (κ3) is 2.91. The number of nitrogens with zero attached hydrogens (tertiary/aromatic N) is 3. The number of hydrogen-bond acceptors (Lipinski definition) is 4. The van der Waals surface area contributed by atoms with Crippen molar-refractivity contribution < 1.29 is 4.21 Å². The Morgan fingerprint density at radius 2 is 2.00 bits per heavy atom. The van der Waals surface area contributed by atoms with Gasteiger partial charge in [0.15, 0.2) is 5.82 Å². The highest BCUT2D eigenvalue weighted by molar-refractivity contribution is 7.92. The highest BCUT2D eigenvalue weighted by Crippen LogP contribution is 2.20. The fourth-order valence-electron chi connectivity index (χ4n) is 1.45. The molecule has 90 valence electrons. The molecule has 17 heavy (non-hydrogen) atoms. The molecule has 0 fully saturated rings. The van der Waals surface area contributed by atoms with Crippen molar-refractivity contribution in [2.75, 3.05) is 12.5 Å². The van der Waals surface area contributed by atoms with E-state index in [-0.39, 0.29) is 5.95 Å². The van der Waals surface area contributed by atoms with E-state index in [1.54, 1.807) is 12.5 Å². The Bertz CT molecular complexity index is 645. The quantitative estimate of drug-likeness (QED) is 0.887.